The van der Waals surface area contributed by atoms with Gasteiger partial charge in [0.05, 0.1) is 25.2 Å². The quantitative estimate of drug-likeness (QED) is 0.757. The number of hydrogen-bond acceptors (Lipinski definition) is 5. The van der Waals surface area contributed by atoms with Crippen LogP contribution >= 0.6 is 0 Å². The summed E-state index contributed by atoms with van der Waals surface area (Å²) in [6.45, 7) is 1.36. The fraction of sp³-hybridized carbons (Fsp3) is 0.364. The monoisotopic (exact) mass is 288 g/mol. The molecule has 1 amide bonds. The lowest BCUT2D eigenvalue weighted by molar-refractivity contribution is -0.119. The minimum absolute atomic E-state index is 0.0433. The van der Waals surface area contributed by atoms with E-state index in [0.717, 1.165) is 0 Å². The van der Waals surface area contributed by atoms with Gasteiger partial charge in [0.1, 0.15) is 0 Å². The molecule has 3 N–H and O–H groups in total. The molecule has 106 valence electrons. The number of carbonyl (C=O) groups is 1. The van der Waals surface area contributed by atoms with Crippen molar-refractivity contribution >= 4 is 15.9 Å². The molecule has 0 radical (unpaired) electrons. The Morgan fingerprint density at radius 1 is 1.26 bits per heavy atom. The third kappa shape index (κ3) is 3.58. The molecule has 0 fully saturated rings. The first-order valence-corrected chi connectivity index (χ1v) is 6.84. The van der Waals surface area contributed by atoms with Crippen LogP contribution in [-0.4, -0.2) is 34.6 Å². The number of amides is 1. The standard InChI is InChI=1S/C11H16N2O5S/c1-7(11(12)14)13-19(15,16)8-4-5-9(17-2)10(6-8)18-3/h4-7,13H,1-3H3,(H2,12,14). The lowest BCUT2D eigenvalue weighted by atomic mass is 10.3. The highest BCUT2D eigenvalue weighted by Gasteiger charge is 2.21. The number of sulfonamides is 1. The van der Waals surface area contributed by atoms with E-state index in [2.05, 4.69) is 4.72 Å². The molecular weight excluding hydrogens is 272 g/mol. The normalized spacial score (nSPS) is 12.8. The van der Waals surface area contributed by atoms with Gasteiger partial charge in [-0.3, -0.25) is 4.79 Å². The largest absolute Gasteiger partial charge is 0.493 e. The summed E-state index contributed by atoms with van der Waals surface area (Å²) in [6.07, 6.45) is 0. The van der Waals surface area contributed by atoms with Crippen LogP contribution in [-0.2, 0) is 14.8 Å². The van der Waals surface area contributed by atoms with Gasteiger partial charge in [-0.05, 0) is 19.1 Å². The molecule has 0 aliphatic carbocycles. The van der Waals surface area contributed by atoms with Crippen molar-refractivity contribution < 1.29 is 22.7 Å². The van der Waals surface area contributed by atoms with Gasteiger partial charge in [-0.2, -0.15) is 4.72 Å². The topological polar surface area (TPSA) is 108 Å². The fourth-order valence-corrected chi connectivity index (χ4v) is 2.57. The van der Waals surface area contributed by atoms with E-state index >= 15 is 0 Å². The summed E-state index contributed by atoms with van der Waals surface area (Å²) in [5.41, 5.74) is 5.01. The highest BCUT2D eigenvalue weighted by molar-refractivity contribution is 7.89. The Hall–Kier alpha value is -1.80. The average molecular weight is 288 g/mol. The summed E-state index contributed by atoms with van der Waals surface area (Å²) in [7, 11) is -1.01. The molecule has 0 aromatic heterocycles. The Morgan fingerprint density at radius 3 is 2.32 bits per heavy atom. The first-order valence-electron chi connectivity index (χ1n) is 5.35. The van der Waals surface area contributed by atoms with Crippen LogP contribution in [0.1, 0.15) is 6.92 Å². The summed E-state index contributed by atoms with van der Waals surface area (Å²) in [5.74, 6) is -0.0782. The van der Waals surface area contributed by atoms with Crippen molar-refractivity contribution in [3.05, 3.63) is 18.2 Å². The molecule has 1 atom stereocenters. The second kappa shape index (κ2) is 5.89. The molecule has 1 aromatic carbocycles. The smallest absolute Gasteiger partial charge is 0.241 e. The molecule has 1 aromatic rings. The van der Waals surface area contributed by atoms with E-state index in [-0.39, 0.29) is 10.6 Å². The minimum atomic E-state index is -3.85. The van der Waals surface area contributed by atoms with Crippen LogP contribution in [0.25, 0.3) is 0 Å². The van der Waals surface area contributed by atoms with Gasteiger partial charge in [0.25, 0.3) is 0 Å². The second-order valence-corrected chi connectivity index (χ2v) is 5.48. The third-order valence-corrected chi connectivity index (χ3v) is 3.96. The van der Waals surface area contributed by atoms with Crippen LogP contribution in [0.4, 0.5) is 0 Å². The van der Waals surface area contributed by atoms with Crippen molar-refractivity contribution in [2.45, 2.75) is 17.9 Å². The zero-order chi connectivity index (χ0) is 14.6. The fourth-order valence-electron chi connectivity index (χ4n) is 1.34. The Morgan fingerprint density at radius 2 is 1.84 bits per heavy atom. The van der Waals surface area contributed by atoms with E-state index in [1.807, 2.05) is 0 Å². The summed E-state index contributed by atoms with van der Waals surface area (Å²) in [4.78, 5) is 10.8. The van der Waals surface area contributed by atoms with Crippen molar-refractivity contribution in [1.82, 2.24) is 4.72 Å². The number of primary amides is 1. The second-order valence-electron chi connectivity index (χ2n) is 3.76. The van der Waals surface area contributed by atoms with Gasteiger partial charge >= 0.3 is 0 Å². The Balaban J connectivity index is 3.12. The van der Waals surface area contributed by atoms with E-state index in [9.17, 15) is 13.2 Å². The molecule has 8 heteroatoms. The van der Waals surface area contributed by atoms with E-state index < -0.39 is 22.0 Å². The van der Waals surface area contributed by atoms with Crippen molar-refractivity contribution in [3.8, 4) is 11.5 Å². The Kier molecular flexibility index (Phi) is 4.73. The number of methoxy groups -OCH3 is 2. The molecule has 19 heavy (non-hydrogen) atoms. The number of hydrogen-bond donors (Lipinski definition) is 2. The highest BCUT2D eigenvalue weighted by Crippen LogP contribution is 2.29. The first kappa shape index (κ1) is 15.3. The minimum Gasteiger partial charge on any atom is -0.493 e. The number of carbonyl (C=O) groups excluding carboxylic acids is 1. The molecular formula is C11H16N2O5S. The van der Waals surface area contributed by atoms with Crippen LogP contribution < -0.4 is 19.9 Å². The average Bonchev–Trinajstić information content (AvgIpc) is 2.37. The number of benzene rings is 1. The van der Waals surface area contributed by atoms with Crippen molar-refractivity contribution in [3.63, 3.8) is 0 Å². The molecule has 1 unspecified atom stereocenters. The number of ether oxygens (including phenoxy) is 2. The SMILES string of the molecule is COc1ccc(S(=O)(=O)NC(C)C(N)=O)cc1OC. The van der Waals surface area contributed by atoms with E-state index in [1.54, 1.807) is 0 Å². The number of rotatable bonds is 6. The molecule has 0 saturated heterocycles. The lowest BCUT2D eigenvalue weighted by Crippen LogP contribution is -2.42. The molecule has 0 aliphatic heterocycles. The Labute approximate surface area is 111 Å². The van der Waals surface area contributed by atoms with Gasteiger partial charge in [-0.15, -0.1) is 0 Å². The lowest BCUT2D eigenvalue weighted by Gasteiger charge is -2.13. The zero-order valence-corrected chi connectivity index (χ0v) is 11.7. The van der Waals surface area contributed by atoms with Crippen LogP contribution in [0, 0.1) is 0 Å². The van der Waals surface area contributed by atoms with Crippen molar-refractivity contribution in [2.75, 3.05) is 14.2 Å². The van der Waals surface area contributed by atoms with Crippen LogP contribution in [0.15, 0.2) is 23.1 Å². The summed E-state index contributed by atoms with van der Waals surface area (Å²) >= 11 is 0. The molecule has 0 saturated carbocycles. The molecule has 0 bridgehead atoms. The van der Waals surface area contributed by atoms with E-state index in [4.69, 9.17) is 15.2 Å². The van der Waals surface area contributed by atoms with Crippen molar-refractivity contribution in [2.24, 2.45) is 5.73 Å². The third-order valence-electron chi connectivity index (χ3n) is 2.42. The molecule has 0 aliphatic rings. The summed E-state index contributed by atoms with van der Waals surface area (Å²) < 4.78 is 36.2. The van der Waals surface area contributed by atoms with Gasteiger partial charge in [0, 0.05) is 6.07 Å². The maximum atomic E-state index is 12.0. The van der Waals surface area contributed by atoms with Crippen LogP contribution in [0.2, 0.25) is 0 Å². The molecule has 0 heterocycles. The van der Waals surface area contributed by atoms with E-state index in [0.29, 0.717) is 5.75 Å². The van der Waals surface area contributed by atoms with Gasteiger partial charge in [-0.25, -0.2) is 8.42 Å². The van der Waals surface area contributed by atoms with Crippen LogP contribution in [0.3, 0.4) is 0 Å². The summed E-state index contributed by atoms with van der Waals surface area (Å²) in [6, 6.07) is 3.10. The molecule has 0 spiro atoms. The number of nitrogens with two attached hydrogens (primary N) is 1. The van der Waals surface area contributed by atoms with Gasteiger partial charge in [0.15, 0.2) is 11.5 Å². The highest BCUT2D eigenvalue weighted by atomic mass is 32.2. The van der Waals surface area contributed by atoms with Gasteiger partial charge in [0.2, 0.25) is 15.9 Å². The predicted octanol–water partition coefficient (Wildman–Crippen LogP) is -0.144. The van der Waals surface area contributed by atoms with Crippen LogP contribution in [0.5, 0.6) is 11.5 Å². The maximum Gasteiger partial charge on any atom is 0.241 e. The summed E-state index contributed by atoms with van der Waals surface area (Å²) in [5, 5.41) is 0. The maximum absolute atomic E-state index is 12.0. The van der Waals surface area contributed by atoms with Gasteiger partial charge in [-0.1, -0.05) is 0 Å². The zero-order valence-electron chi connectivity index (χ0n) is 10.8. The van der Waals surface area contributed by atoms with Crippen molar-refractivity contribution in [1.29, 1.82) is 0 Å². The molecule has 1 rings (SSSR count). The number of nitrogens with one attached hydrogen (secondary N) is 1. The molecule has 7 nitrogen and oxygen atoms in total. The van der Waals surface area contributed by atoms with E-state index in [1.165, 1.54) is 39.3 Å². The Bertz CT molecular complexity index is 570. The predicted molar refractivity (Wildman–Crippen MR) is 68.5 cm³/mol. The van der Waals surface area contributed by atoms with Gasteiger partial charge < -0.3 is 15.2 Å². The first-order chi connectivity index (χ1) is 8.81.